The van der Waals surface area contributed by atoms with Crippen molar-refractivity contribution in [2.45, 2.75) is 89.6 Å². The molecule has 0 heterocycles. The normalized spacial score (nSPS) is 16.2. The highest BCUT2D eigenvalue weighted by Crippen LogP contribution is 2.38. The molecule has 0 radical (unpaired) electrons. The Labute approximate surface area is 146 Å². The summed E-state index contributed by atoms with van der Waals surface area (Å²) in [5.41, 5.74) is 0.736. The summed E-state index contributed by atoms with van der Waals surface area (Å²) in [6, 6.07) is 9.67. The average molecular weight is 332 g/mol. The van der Waals surface area contributed by atoms with Crippen molar-refractivity contribution >= 4 is 5.97 Å². The summed E-state index contributed by atoms with van der Waals surface area (Å²) < 4.78 is 0. The molecule has 24 heavy (non-hydrogen) atoms. The van der Waals surface area contributed by atoms with Gasteiger partial charge in [0.25, 0.3) is 0 Å². The van der Waals surface area contributed by atoms with Crippen LogP contribution in [0.5, 0.6) is 0 Å². The Morgan fingerprint density at radius 3 is 2.38 bits per heavy atom. The van der Waals surface area contributed by atoms with Crippen molar-refractivity contribution in [2.75, 3.05) is 0 Å². The van der Waals surface area contributed by atoms with Crippen LogP contribution in [0, 0.1) is 0 Å². The van der Waals surface area contributed by atoms with Crippen LogP contribution < -0.4 is 0 Å². The van der Waals surface area contributed by atoms with Gasteiger partial charge in [-0.3, -0.25) is 4.89 Å². The molecule has 0 saturated heterocycles. The molecule has 0 bridgehead atoms. The van der Waals surface area contributed by atoms with Gasteiger partial charge in [-0.1, -0.05) is 88.6 Å². The fourth-order valence-electron chi connectivity index (χ4n) is 3.55. The lowest BCUT2D eigenvalue weighted by atomic mass is 9.94. The smallest absolute Gasteiger partial charge is 0.297 e. The second kappa shape index (κ2) is 10.5. The van der Waals surface area contributed by atoms with E-state index < -0.39 is 0 Å². The summed E-state index contributed by atoms with van der Waals surface area (Å²) in [5, 5.41) is 0. The maximum absolute atomic E-state index is 12.0. The van der Waals surface area contributed by atoms with Crippen LogP contribution in [-0.4, -0.2) is 11.6 Å². The maximum Gasteiger partial charge on any atom is 0.346 e. The molecule has 0 atom stereocenters. The van der Waals surface area contributed by atoms with Crippen LogP contribution >= 0.6 is 0 Å². The van der Waals surface area contributed by atoms with Crippen molar-refractivity contribution in [3.63, 3.8) is 0 Å². The van der Waals surface area contributed by atoms with Gasteiger partial charge in [0.05, 0.1) is 6.42 Å². The lowest BCUT2D eigenvalue weighted by molar-refractivity contribution is -0.333. The molecule has 1 aliphatic rings. The van der Waals surface area contributed by atoms with Gasteiger partial charge < -0.3 is 0 Å². The molecule has 2 rings (SSSR count). The molecule has 1 aliphatic carbocycles. The zero-order chi connectivity index (χ0) is 17.1. The molecule has 3 nitrogen and oxygen atoms in total. The molecule has 134 valence electrons. The Hall–Kier alpha value is -1.35. The average Bonchev–Trinajstić information content (AvgIpc) is 3.06. The first-order chi connectivity index (χ1) is 11.7. The largest absolute Gasteiger partial charge is 0.346 e. The molecule has 0 spiro atoms. The quantitative estimate of drug-likeness (QED) is 0.293. The highest BCUT2D eigenvalue weighted by Gasteiger charge is 2.37. The molecule has 0 amide bonds. The van der Waals surface area contributed by atoms with E-state index in [9.17, 15) is 4.79 Å². The van der Waals surface area contributed by atoms with E-state index in [1.165, 1.54) is 51.4 Å². The number of rotatable bonds is 11. The summed E-state index contributed by atoms with van der Waals surface area (Å²) in [5.74, 6) is -0.296. The van der Waals surface area contributed by atoms with E-state index >= 15 is 0 Å². The monoisotopic (exact) mass is 332 g/mol. The fourth-order valence-corrected chi connectivity index (χ4v) is 3.55. The second-order valence-electron chi connectivity index (χ2n) is 7.11. The third-order valence-corrected chi connectivity index (χ3v) is 5.00. The Morgan fingerprint density at radius 1 is 1.00 bits per heavy atom. The van der Waals surface area contributed by atoms with Gasteiger partial charge in [0.1, 0.15) is 5.60 Å². The molecular formula is C21H32O3. The Morgan fingerprint density at radius 2 is 1.67 bits per heavy atom. The van der Waals surface area contributed by atoms with Crippen LogP contribution in [0.2, 0.25) is 0 Å². The molecule has 0 unspecified atom stereocenters. The maximum atomic E-state index is 12.0. The Balaban J connectivity index is 1.71. The first-order valence-corrected chi connectivity index (χ1v) is 9.66. The van der Waals surface area contributed by atoms with Crippen molar-refractivity contribution < 1.29 is 14.6 Å². The second-order valence-corrected chi connectivity index (χ2v) is 7.11. The van der Waals surface area contributed by atoms with E-state index in [0.29, 0.717) is 0 Å². The molecule has 1 fully saturated rings. The Kier molecular flexibility index (Phi) is 8.31. The SMILES string of the molecule is CCCCCCCCC1(OOC(=O)Cc2ccccc2)CCCC1. The van der Waals surface area contributed by atoms with Crippen molar-refractivity contribution in [1.29, 1.82) is 0 Å². The number of unbranched alkanes of at least 4 members (excludes halogenated alkanes) is 5. The van der Waals surface area contributed by atoms with Crippen LogP contribution in [0.3, 0.4) is 0 Å². The summed E-state index contributed by atoms with van der Waals surface area (Å²) in [7, 11) is 0. The van der Waals surface area contributed by atoms with E-state index in [-0.39, 0.29) is 18.0 Å². The number of benzene rings is 1. The molecule has 1 aromatic carbocycles. The molecule has 1 aromatic rings. The predicted octanol–water partition coefficient (Wildman–Crippen LogP) is 5.77. The molecular weight excluding hydrogens is 300 g/mol. The topological polar surface area (TPSA) is 35.5 Å². The van der Waals surface area contributed by atoms with E-state index in [1.54, 1.807) is 0 Å². The van der Waals surface area contributed by atoms with E-state index in [2.05, 4.69) is 6.92 Å². The van der Waals surface area contributed by atoms with E-state index in [4.69, 9.17) is 9.78 Å². The number of hydrogen-bond acceptors (Lipinski definition) is 3. The van der Waals surface area contributed by atoms with Crippen LogP contribution in [0.4, 0.5) is 0 Å². The molecule has 0 aliphatic heterocycles. The van der Waals surface area contributed by atoms with Crippen LogP contribution in [-0.2, 0) is 21.0 Å². The summed E-state index contributed by atoms with van der Waals surface area (Å²) >= 11 is 0. The van der Waals surface area contributed by atoms with Gasteiger partial charge in [-0.2, -0.15) is 4.89 Å². The van der Waals surface area contributed by atoms with Gasteiger partial charge >= 0.3 is 5.97 Å². The van der Waals surface area contributed by atoms with Gasteiger partial charge in [0.15, 0.2) is 0 Å². The third-order valence-electron chi connectivity index (χ3n) is 5.00. The van der Waals surface area contributed by atoms with E-state index in [0.717, 1.165) is 24.8 Å². The zero-order valence-corrected chi connectivity index (χ0v) is 15.1. The number of carbonyl (C=O) groups is 1. The van der Waals surface area contributed by atoms with Crippen LogP contribution in [0.1, 0.15) is 83.1 Å². The number of hydrogen-bond donors (Lipinski definition) is 0. The van der Waals surface area contributed by atoms with Crippen molar-refractivity contribution in [2.24, 2.45) is 0 Å². The molecule has 0 N–H and O–H groups in total. The summed E-state index contributed by atoms with van der Waals surface area (Å²) in [6.45, 7) is 2.24. The third kappa shape index (κ3) is 6.64. The first kappa shape index (κ1) is 19.0. The minimum Gasteiger partial charge on any atom is -0.297 e. The van der Waals surface area contributed by atoms with Crippen molar-refractivity contribution in [3.8, 4) is 0 Å². The predicted molar refractivity (Wildman–Crippen MR) is 96.5 cm³/mol. The highest BCUT2D eigenvalue weighted by molar-refractivity contribution is 5.71. The van der Waals surface area contributed by atoms with Gasteiger partial charge in [0, 0.05) is 0 Å². The molecule has 0 aromatic heterocycles. The summed E-state index contributed by atoms with van der Waals surface area (Å²) in [4.78, 5) is 22.9. The fraction of sp³-hybridized carbons (Fsp3) is 0.667. The summed E-state index contributed by atoms with van der Waals surface area (Å²) in [6.07, 6.45) is 13.3. The van der Waals surface area contributed by atoms with E-state index in [1.807, 2.05) is 30.3 Å². The minimum absolute atomic E-state index is 0.225. The Bertz CT molecular complexity index is 463. The molecule has 1 saturated carbocycles. The number of carbonyl (C=O) groups excluding carboxylic acids is 1. The van der Waals surface area contributed by atoms with Gasteiger partial charge in [-0.25, -0.2) is 4.79 Å². The van der Waals surface area contributed by atoms with Gasteiger partial charge in [0.2, 0.25) is 0 Å². The van der Waals surface area contributed by atoms with Crippen molar-refractivity contribution in [3.05, 3.63) is 35.9 Å². The van der Waals surface area contributed by atoms with Gasteiger partial charge in [-0.05, 0) is 24.8 Å². The van der Waals surface area contributed by atoms with Gasteiger partial charge in [-0.15, -0.1) is 0 Å². The highest BCUT2D eigenvalue weighted by atomic mass is 17.2. The lowest BCUT2D eigenvalue weighted by Crippen LogP contribution is -2.30. The standard InChI is InChI=1S/C21H32O3/c1-2-3-4-5-6-10-15-21(16-11-12-17-21)24-23-20(22)18-19-13-8-7-9-14-19/h7-9,13-14H,2-6,10-12,15-18H2,1H3. The minimum atomic E-state index is -0.296. The van der Waals surface area contributed by atoms with Crippen molar-refractivity contribution in [1.82, 2.24) is 0 Å². The lowest BCUT2D eigenvalue weighted by Gasteiger charge is -2.26. The zero-order valence-electron chi connectivity index (χ0n) is 15.1. The first-order valence-electron chi connectivity index (χ1n) is 9.66. The molecule has 3 heteroatoms. The van der Waals surface area contributed by atoms with Crippen LogP contribution in [0.15, 0.2) is 30.3 Å². The van der Waals surface area contributed by atoms with Crippen LogP contribution in [0.25, 0.3) is 0 Å².